The molecule has 3 aromatic rings. The first kappa shape index (κ1) is 22.0. The highest BCUT2D eigenvalue weighted by Gasteiger charge is 2.31. The number of rotatable bonds is 5. The minimum Gasteiger partial charge on any atom is -0.345 e. The van der Waals surface area contributed by atoms with Crippen LogP contribution in [0.3, 0.4) is 0 Å². The number of aromatic nitrogens is 1. The van der Waals surface area contributed by atoms with Crippen LogP contribution in [0.4, 0.5) is 5.13 Å². The fourth-order valence-electron chi connectivity index (χ4n) is 4.28. The molecule has 164 valence electrons. The number of thiazole rings is 1. The molecule has 0 aliphatic carbocycles. The zero-order chi connectivity index (χ0) is 22.2. The predicted octanol–water partition coefficient (Wildman–Crippen LogP) is 4.81. The molecule has 0 N–H and O–H groups in total. The van der Waals surface area contributed by atoms with Crippen molar-refractivity contribution in [3.8, 4) is 11.3 Å². The first-order valence-electron chi connectivity index (χ1n) is 10.7. The molecule has 0 atom stereocenters. The molecule has 2 aromatic carbocycles. The van der Waals surface area contributed by atoms with Crippen LogP contribution in [0, 0.1) is 20.8 Å². The summed E-state index contributed by atoms with van der Waals surface area (Å²) >= 11 is 1.62. The maximum Gasteiger partial charge on any atom is 0.243 e. The van der Waals surface area contributed by atoms with Gasteiger partial charge in [0.15, 0.2) is 5.13 Å². The number of hydrogen-bond acceptors (Lipinski definition) is 5. The second-order valence-electron chi connectivity index (χ2n) is 8.18. The van der Waals surface area contributed by atoms with Crippen molar-refractivity contribution >= 4 is 26.5 Å². The highest BCUT2D eigenvalue weighted by atomic mass is 32.2. The Morgan fingerprint density at radius 3 is 2.16 bits per heavy atom. The van der Waals surface area contributed by atoms with Crippen molar-refractivity contribution < 1.29 is 8.42 Å². The van der Waals surface area contributed by atoms with E-state index in [9.17, 15) is 8.42 Å². The molecule has 1 aromatic heterocycles. The number of aryl methyl sites for hydroxylation is 4. The second kappa shape index (κ2) is 8.73. The largest absolute Gasteiger partial charge is 0.345 e. The molecule has 1 aliphatic rings. The van der Waals surface area contributed by atoms with Crippen LogP contribution in [0.25, 0.3) is 11.3 Å². The van der Waals surface area contributed by atoms with Gasteiger partial charge in [0.1, 0.15) is 0 Å². The molecular weight excluding hydrogens is 426 g/mol. The molecule has 0 amide bonds. The third-order valence-electron chi connectivity index (χ3n) is 5.86. The summed E-state index contributed by atoms with van der Waals surface area (Å²) in [6, 6.07) is 12.4. The zero-order valence-electron chi connectivity index (χ0n) is 18.6. The van der Waals surface area contributed by atoms with Gasteiger partial charge < -0.3 is 4.90 Å². The fraction of sp³-hybridized carbons (Fsp3) is 0.375. The number of nitrogens with zero attached hydrogens (tertiary/aromatic N) is 3. The number of anilines is 1. The molecule has 5 nitrogen and oxygen atoms in total. The smallest absolute Gasteiger partial charge is 0.243 e. The Bertz CT molecular complexity index is 1150. The van der Waals surface area contributed by atoms with Crippen LogP contribution in [-0.4, -0.2) is 43.9 Å². The maximum atomic E-state index is 13.3. The lowest BCUT2D eigenvalue weighted by Crippen LogP contribution is -2.48. The van der Waals surface area contributed by atoms with Crippen LogP contribution in [-0.2, 0) is 16.4 Å². The molecule has 31 heavy (non-hydrogen) atoms. The highest BCUT2D eigenvalue weighted by molar-refractivity contribution is 7.89. The second-order valence-corrected chi connectivity index (χ2v) is 10.9. The number of sulfonamides is 1. The van der Waals surface area contributed by atoms with Crippen LogP contribution < -0.4 is 4.90 Å². The molecule has 1 fully saturated rings. The SMILES string of the molecule is CCc1ccc(-c2csc(N3CCN(S(=O)(=O)c4c(C)cc(C)cc4C)CC3)n2)cc1. The summed E-state index contributed by atoms with van der Waals surface area (Å²) in [5, 5.41) is 3.03. The fourth-order valence-corrected chi connectivity index (χ4v) is 7.00. The molecule has 0 spiro atoms. The molecule has 0 radical (unpaired) electrons. The van der Waals surface area contributed by atoms with E-state index in [1.54, 1.807) is 15.6 Å². The van der Waals surface area contributed by atoms with E-state index in [1.165, 1.54) is 5.56 Å². The summed E-state index contributed by atoms with van der Waals surface area (Å²) in [5.41, 5.74) is 6.13. The Balaban J connectivity index is 1.47. The van der Waals surface area contributed by atoms with Gasteiger partial charge in [-0.1, -0.05) is 48.9 Å². The van der Waals surface area contributed by atoms with Crippen LogP contribution in [0.1, 0.15) is 29.2 Å². The summed E-state index contributed by atoms with van der Waals surface area (Å²) < 4.78 is 28.3. The van der Waals surface area contributed by atoms with Crippen molar-refractivity contribution in [1.29, 1.82) is 0 Å². The van der Waals surface area contributed by atoms with Gasteiger partial charge in [-0.2, -0.15) is 4.31 Å². The van der Waals surface area contributed by atoms with Gasteiger partial charge in [0.05, 0.1) is 10.6 Å². The van der Waals surface area contributed by atoms with Crippen molar-refractivity contribution in [2.75, 3.05) is 31.1 Å². The Hall–Kier alpha value is -2.22. The standard InChI is InChI=1S/C24H29N3O2S2/c1-5-20-6-8-21(9-7-20)22-16-30-24(25-22)26-10-12-27(13-11-26)31(28,29)23-18(3)14-17(2)15-19(23)4/h6-9,14-16H,5,10-13H2,1-4H3. The third-order valence-corrected chi connectivity index (χ3v) is 8.97. The first-order valence-corrected chi connectivity index (χ1v) is 13.0. The minimum atomic E-state index is -3.50. The van der Waals surface area contributed by atoms with Crippen molar-refractivity contribution in [2.24, 2.45) is 0 Å². The van der Waals surface area contributed by atoms with Gasteiger partial charge in [0, 0.05) is 37.1 Å². The van der Waals surface area contributed by atoms with E-state index < -0.39 is 10.0 Å². The molecule has 4 rings (SSSR count). The Labute approximate surface area is 189 Å². The van der Waals surface area contributed by atoms with Gasteiger partial charge in [0.25, 0.3) is 0 Å². The highest BCUT2D eigenvalue weighted by Crippen LogP contribution is 2.30. The van der Waals surface area contributed by atoms with E-state index in [0.717, 1.165) is 39.5 Å². The molecule has 1 aliphatic heterocycles. The summed E-state index contributed by atoms with van der Waals surface area (Å²) in [5.74, 6) is 0. The average molecular weight is 456 g/mol. The van der Waals surface area contributed by atoms with Gasteiger partial charge in [-0.15, -0.1) is 11.3 Å². The minimum absolute atomic E-state index is 0.457. The van der Waals surface area contributed by atoms with Gasteiger partial charge in [-0.25, -0.2) is 13.4 Å². The summed E-state index contributed by atoms with van der Waals surface area (Å²) in [6.45, 7) is 10.1. The Morgan fingerprint density at radius 1 is 0.968 bits per heavy atom. The number of hydrogen-bond donors (Lipinski definition) is 0. The molecule has 0 bridgehead atoms. The summed E-state index contributed by atoms with van der Waals surface area (Å²) in [4.78, 5) is 7.47. The van der Waals surface area contributed by atoms with Crippen LogP contribution >= 0.6 is 11.3 Å². The number of benzene rings is 2. The van der Waals surface area contributed by atoms with E-state index in [4.69, 9.17) is 4.98 Å². The maximum absolute atomic E-state index is 13.3. The van der Waals surface area contributed by atoms with E-state index in [2.05, 4.69) is 41.5 Å². The zero-order valence-corrected chi connectivity index (χ0v) is 20.2. The topological polar surface area (TPSA) is 53.5 Å². The van der Waals surface area contributed by atoms with Gasteiger partial charge >= 0.3 is 0 Å². The lowest BCUT2D eigenvalue weighted by atomic mass is 10.1. The quantitative estimate of drug-likeness (QED) is 0.554. The van der Waals surface area contributed by atoms with Gasteiger partial charge in [-0.05, 0) is 43.9 Å². The molecule has 7 heteroatoms. The normalized spacial score (nSPS) is 15.4. The predicted molar refractivity (Wildman–Crippen MR) is 129 cm³/mol. The van der Waals surface area contributed by atoms with E-state index in [1.807, 2.05) is 32.9 Å². The van der Waals surface area contributed by atoms with Crippen molar-refractivity contribution in [1.82, 2.24) is 9.29 Å². The van der Waals surface area contributed by atoms with Crippen molar-refractivity contribution in [2.45, 2.75) is 39.0 Å². The van der Waals surface area contributed by atoms with E-state index in [-0.39, 0.29) is 0 Å². The molecule has 0 saturated carbocycles. The lowest BCUT2D eigenvalue weighted by Gasteiger charge is -2.34. The monoisotopic (exact) mass is 455 g/mol. The lowest BCUT2D eigenvalue weighted by molar-refractivity contribution is 0.384. The Morgan fingerprint density at radius 2 is 1.58 bits per heavy atom. The number of piperazine rings is 1. The Kier molecular flexibility index (Phi) is 6.19. The molecule has 2 heterocycles. The first-order chi connectivity index (χ1) is 14.8. The molecule has 0 unspecified atom stereocenters. The van der Waals surface area contributed by atoms with Gasteiger partial charge in [-0.3, -0.25) is 0 Å². The van der Waals surface area contributed by atoms with E-state index >= 15 is 0 Å². The van der Waals surface area contributed by atoms with Gasteiger partial charge in [0.2, 0.25) is 10.0 Å². The molecule has 1 saturated heterocycles. The average Bonchev–Trinajstić information content (AvgIpc) is 3.23. The van der Waals surface area contributed by atoms with Crippen LogP contribution in [0.2, 0.25) is 0 Å². The van der Waals surface area contributed by atoms with Crippen molar-refractivity contribution in [3.05, 3.63) is 64.0 Å². The van der Waals surface area contributed by atoms with Crippen molar-refractivity contribution in [3.63, 3.8) is 0 Å². The van der Waals surface area contributed by atoms with Crippen LogP contribution in [0.5, 0.6) is 0 Å². The van der Waals surface area contributed by atoms with Crippen LogP contribution in [0.15, 0.2) is 46.7 Å². The third kappa shape index (κ3) is 4.40. The summed E-state index contributed by atoms with van der Waals surface area (Å²) in [6.07, 6.45) is 1.03. The van der Waals surface area contributed by atoms with E-state index in [0.29, 0.717) is 31.1 Å². The molecular formula is C24H29N3O2S2. The summed E-state index contributed by atoms with van der Waals surface area (Å²) in [7, 11) is -3.50.